The van der Waals surface area contributed by atoms with Crippen molar-refractivity contribution >= 4 is 5.65 Å². The summed E-state index contributed by atoms with van der Waals surface area (Å²) in [5.74, 6) is 1.03. The van der Waals surface area contributed by atoms with Crippen molar-refractivity contribution in [1.29, 1.82) is 5.26 Å². The molecule has 0 spiro atoms. The maximum atomic E-state index is 9.23. The molecule has 0 N–H and O–H groups in total. The van der Waals surface area contributed by atoms with Gasteiger partial charge in [-0.25, -0.2) is 9.97 Å². The van der Waals surface area contributed by atoms with Crippen LogP contribution in [-0.4, -0.2) is 46.0 Å². The van der Waals surface area contributed by atoms with Gasteiger partial charge in [-0.2, -0.15) is 5.26 Å². The summed E-state index contributed by atoms with van der Waals surface area (Å²) in [4.78, 5) is 11.9. The Kier molecular flexibility index (Phi) is 5.80. The number of hydrogen-bond donors (Lipinski definition) is 0. The number of aryl methyl sites for hydroxylation is 1. The lowest BCUT2D eigenvalue weighted by Crippen LogP contribution is -2.34. The lowest BCUT2D eigenvalue weighted by atomic mass is 10.00. The van der Waals surface area contributed by atoms with Crippen LogP contribution >= 0.6 is 0 Å². The van der Waals surface area contributed by atoms with Crippen LogP contribution in [0.25, 0.3) is 28.2 Å². The third kappa shape index (κ3) is 4.33. The quantitative estimate of drug-likeness (QED) is 0.441. The van der Waals surface area contributed by atoms with E-state index in [0.717, 1.165) is 35.6 Å². The highest BCUT2D eigenvalue weighted by atomic mass is 16.5. The standard InChI is InChI=1S/C27H27N5O/c1-19-5-9-23(10-6-19)25-24(22-11-7-20(16-28)8-12-22)30-27(26-29-13-15-32(25)26)33-18-21-4-3-14-31(2)17-21/h5-13,15,21H,3-4,14,17-18H2,1-2H3. The van der Waals surface area contributed by atoms with E-state index < -0.39 is 0 Å². The molecule has 1 aliphatic heterocycles. The first-order chi connectivity index (χ1) is 16.1. The van der Waals surface area contributed by atoms with Crippen LogP contribution in [0.1, 0.15) is 24.0 Å². The predicted molar refractivity (Wildman–Crippen MR) is 129 cm³/mol. The van der Waals surface area contributed by atoms with Gasteiger partial charge in [0.1, 0.15) is 0 Å². The van der Waals surface area contributed by atoms with Crippen LogP contribution in [0.4, 0.5) is 0 Å². The summed E-state index contributed by atoms with van der Waals surface area (Å²) in [6.07, 6.45) is 6.11. The zero-order valence-electron chi connectivity index (χ0n) is 19.0. The first-order valence-electron chi connectivity index (χ1n) is 11.4. The Morgan fingerprint density at radius 1 is 1.09 bits per heavy atom. The van der Waals surface area contributed by atoms with Crippen molar-refractivity contribution in [2.45, 2.75) is 19.8 Å². The van der Waals surface area contributed by atoms with E-state index >= 15 is 0 Å². The number of rotatable bonds is 5. The number of ether oxygens (including phenoxy) is 1. The van der Waals surface area contributed by atoms with Crippen LogP contribution in [0, 0.1) is 24.2 Å². The van der Waals surface area contributed by atoms with Gasteiger partial charge in [0.2, 0.25) is 5.65 Å². The van der Waals surface area contributed by atoms with Crippen LogP contribution in [0.5, 0.6) is 5.88 Å². The average Bonchev–Trinajstić information content (AvgIpc) is 3.33. The first-order valence-corrected chi connectivity index (χ1v) is 11.4. The second-order valence-corrected chi connectivity index (χ2v) is 8.87. The van der Waals surface area contributed by atoms with Gasteiger partial charge < -0.3 is 9.64 Å². The van der Waals surface area contributed by atoms with Crippen molar-refractivity contribution in [1.82, 2.24) is 19.3 Å². The summed E-state index contributed by atoms with van der Waals surface area (Å²) >= 11 is 0. The largest absolute Gasteiger partial charge is 0.475 e. The normalized spacial score (nSPS) is 16.6. The van der Waals surface area contributed by atoms with Crippen LogP contribution in [0.3, 0.4) is 0 Å². The Hall–Kier alpha value is -3.69. The fourth-order valence-corrected chi connectivity index (χ4v) is 4.55. The molecule has 6 heteroatoms. The lowest BCUT2D eigenvalue weighted by molar-refractivity contribution is 0.148. The minimum absolute atomic E-state index is 0.482. The summed E-state index contributed by atoms with van der Waals surface area (Å²) in [5, 5.41) is 9.23. The summed E-state index contributed by atoms with van der Waals surface area (Å²) in [5.41, 5.74) is 6.29. The molecule has 4 aromatic rings. The molecule has 2 aromatic heterocycles. The van der Waals surface area contributed by atoms with Crippen molar-refractivity contribution in [3.63, 3.8) is 0 Å². The SMILES string of the molecule is Cc1ccc(-c2c(-c3ccc(C#N)cc3)nc(OCC3CCCN(C)C3)c3nccn23)cc1. The Morgan fingerprint density at radius 3 is 2.58 bits per heavy atom. The fourth-order valence-electron chi connectivity index (χ4n) is 4.55. The molecule has 0 aliphatic carbocycles. The number of nitriles is 1. The molecule has 1 aliphatic rings. The van der Waals surface area contributed by atoms with Crippen molar-refractivity contribution in [3.8, 4) is 34.5 Å². The topological polar surface area (TPSA) is 66.5 Å². The Bertz CT molecular complexity index is 1300. The van der Waals surface area contributed by atoms with Crippen molar-refractivity contribution < 1.29 is 4.74 Å². The number of hydrogen-bond acceptors (Lipinski definition) is 5. The van der Waals surface area contributed by atoms with Crippen LogP contribution in [-0.2, 0) is 0 Å². The molecule has 1 saturated heterocycles. The van der Waals surface area contributed by atoms with Crippen molar-refractivity contribution in [2.24, 2.45) is 5.92 Å². The number of piperidine rings is 1. The van der Waals surface area contributed by atoms with E-state index in [1.807, 2.05) is 30.5 Å². The summed E-state index contributed by atoms with van der Waals surface area (Å²) in [6.45, 7) is 4.88. The molecular weight excluding hydrogens is 410 g/mol. The molecule has 0 amide bonds. The van der Waals surface area contributed by atoms with E-state index in [1.54, 1.807) is 6.20 Å². The van der Waals surface area contributed by atoms with E-state index in [4.69, 9.17) is 9.72 Å². The Morgan fingerprint density at radius 2 is 1.85 bits per heavy atom. The van der Waals surface area contributed by atoms with Crippen LogP contribution in [0.2, 0.25) is 0 Å². The molecule has 1 fully saturated rings. The van der Waals surface area contributed by atoms with Gasteiger partial charge in [0.25, 0.3) is 5.88 Å². The molecule has 0 radical (unpaired) electrons. The van der Waals surface area contributed by atoms with Crippen molar-refractivity contribution in [2.75, 3.05) is 26.7 Å². The minimum Gasteiger partial charge on any atom is -0.475 e. The van der Waals surface area contributed by atoms with E-state index in [1.165, 1.54) is 18.4 Å². The molecular formula is C27H27N5O. The monoisotopic (exact) mass is 437 g/mol. The molecule has 6 nitrogen and oxygen atoms in total. The molecule has 1 unspecified atom stereocenters. The van der Waals surface area contributed by atoms with Gasteiger partial charge >= 0.3 is 0 Å². The molecule has 1 atom stereocenters. The van der Waals surface area contributed by atoms with Gasteiger partial charge in [-0.3, -0.25) is 4.40 Å². The van der Waals surface area contributed by atoms with Gasteiger partial charge in [0.05, 0.1) is 29.6 Å². The molecule has 3 heterocycles. The third-order valence-electron chi connectivity index (χ3n) is 6.30. The molecule has 2 aromatic carbocycles. The molecule has 5 rings (SSSR count). The lowest BCUT2D eigenvalue weighted by Gasteiger charge is -2.29. The zero-order chi connectivity index (χ0) is 22.8. The minimum atomic E-state index is 0.482. The van der Waals surface area contributed by atoms with Gasteiger partial charge in [-0.15, -0.1) is 0 Å². The maximum Gasteiger partial charge on any atom is 0.259 e. The fraction of sp³-hybridized carbons (Fsp3) is 0.296. The summed E-state index contributed by atoms with van der Waals surface area (Å²) < 4.78 is 8.37. The highest BCUT2D eigenvalue weighted by Crippen LogP contribution is 2.35. The van der Waals surface area contributed by atoms with Gasteiger partial charge in [-0.1, -0.05) is 42.0 Å². The molecule has 33 heavy (non-hydrogen) atoms. The van der Waals surface area contributed by atoms with Gasteiger partial charge in [0.15, 0.2) is 0 Å². The molecule has 166 valence electrons. The Labute approximate surface area is 194 Å². The summed E-state index contributed by atoms with van der Waals surface area (Å²) in [6, 6.07) is 18.2. The zero-order valence-corrected chi connectivity index (χ0v) is 19.0. The second kappa shape index (κ2) is 9.05. The number of likely N-dealkylation sites (tertiary alicyclic amines) is 1. The highest BCUT2D eigenvalue weighted by molar-refractivity contribution is 5.81. The van der Waals surface area contributed by atoms with Gasteiger partial charge in [-0.05, 0) is 45.5 Å². The van der Waals surface area contributed by atoms with E-state index in [0.29, 0.717) is 29.6 Å². The van der Waals surface area contributed by atoms with E-state index in [2.05, 4.69) is 58.6 Å². The first kappa shape index (κ1) is 21.2. The molecule has 0 bridgehead atoms. The number of nitrogens with zero attached hydrogens (tertiary/aromatic N) is 5. The highest BCUT2D eigenvalue weighted by Gasteiger charge is 2.22. The van der Waals surface area contributed by atoms with E-state index in [-0.39, 0.29) is 0 Å². The predicted octanol–water partition coefficient (Wildman–Crippen LogP) is 4.96. The van der Waals surface area contributed by atoms with Crippen LogP contribution in [0.15, 0.2) is 60.9 Å². The van der Waals surface area contributed by atoms with E-state index in [9.17, 15) is 5.26 Å². The van der Waals surface area contributed by atoms with Crippen LogP contribution < -0.4 is 4.74 Å². The second-order valence-electron chi connectivity index (χ2n) is 8.87. The summed E-state index contributed by atoms with van der Waals surface area (Å²) in [7, 11) is 2.16. The van der Waals surface area contributed by atoms with Gasteiger partial charge in [0, 0.05) is 36.0 Å². The number of fused-ring (bicyclic) bond motifs is 1. The average molecular weight is 438 g/mol. The number of benzene rings is 2. The smallest absolute Gasteiger partial charge is 0.259 e. The number of imidazole rings is 1. The Balaban J connectivity index is 1.61. The maximum absolute atomic E-state index is 9.23. The number of aromatic nitrogens is 3. The molecule has 0 saturated carbocycles. The third-order valence-corrected chi connectivity index (χ3v) is 6.30. The van der Waals surface area contributed by atoms with Crippen molar-refractivity contribution in [3.05, 3.63) is 72.1 Å².